The van der Waals surface area contributed by atoms with Crippen molar-refractivity contribution in [2.24, 2.45) is 0 Å². The predicted octanol–water partition coefficient (Wildman–Crippen LogP) is 3.75. The molecule has 0 saturated carbocycles. The number of nitrogens with one attached hydrogen (secondary N) is 1. The summed E-state index contributed by atoms with van der Waals surface area (Å²) in [5.74, 6) is -0.868. The summed E-state index contributed by atoms with van der Waals surface area (Å²) in [6.07, 6.45) is 0. The number of imide groups is 1. The van der Waals surface area contributed by atoms with Crippen LogP contribution in [0.4, 0.5) is 16.2 Å². The summed E-state index contributed by atoms with van der Waals surface area (Å²) in [7, 11) is 0. The molecule has 0 aromatic heterocycles. The van der Waals surface area contributed by atoms with Gasteiger partial charge in [-0.05, 0) is 50.6 Å². The zero-order valence-corrected chi connectivity index (χ0v) is 16.1. The van der Waals surface area contributed by atoms with E-state index in [1.807, 2.05) is 26.0 Å². The fraction of sp³-hybridized carbons (Fsp3) is 0.250. The van der Waals surface area contributed by atoms with Crippen molar-refractivity contribution >= 4 is 40.8 Å². The summed E-state index contributed by atoms with van der Waals surface area (Å²) in [4.78, 5) is 39.9. The molecular formula is C20H20ClN3O3. The lowest BCUT2D eigenvalue weighted by atomic mass is 10.2. The van der Waals surface area contributed by atoms with Gasteiger partial charge in [-0.2, -0.15) is 0 Å². The van der Waals surface area contributed by atoms with Crippen LogP contribution in [-0.2, 0) is 9.59 Å². The molecule has 1 atom stereocenters. The van der Waals surface area contributed by atoms with Crippen molar-refractivity contribution in [1.29, 1.82) is 0 Å². The van der Waals surface area contributed by atoms with Crippen molar-refractivity contribution in [3.63, 3.8) is 0 Å². The summed E-state index contributed by atoms with van der Waals surface area (Å²) in [5.41, 5.74) is 3.08. The second kappa shape index (κ2) is 7.40. The highest BCUT2D eigenvalue weighted by molar-refractivity contribution is 6.31. The maximum atomic E-state index is 12.7. The van der Waals surface area contributed by atoms with Gasteiger partial charge in [0.05, 0.1) is 0 Å². The lowest BCUT2D eigenvalue weighted by Gasteiger charge is -2.19. The van der Waals surface area contributed by atoms with Gasteiger partial charge >= 0.3 is 6.03 Å². The Hall–Kier alpha value is -2.86. The van der Waals surface area contributed by atoms with Gasteiger partial charge in [-0.25, -0.2) is 4.79 Å². The molecule has 27 heavy (non-hydrogen) atoms. The Morgan fingerprint density at radius 2 is 1.78 bits per heavy atom. The maximum absolute atomic E-state index is 12.7. The van der Waals surface area contributed by atoms with Gasteiger partial charge in [0.15, 0.2) is 0 Å². The third kappa shape index (κ3) is 3.80. The van der Waals surface area contributed by atoms with E-state index >= 15 is 0 Å². The number of amides is 4. The van der Waals surface area contributed by atoms with E-state index in [4.69, 9.17) is 11.6 Å². The Morgan fingerprint density at radius 1 is 1.11 bits per heavy atom. The molecule has 0 spiro atoms. The van der Waals surface area contributed by atoms with Crippen molar-refractivity contribution in [3.05, 3.63) is 58.6 Å². The van der Waals surface area contributed by atoms with Crippen LogP contribution in [0.15, 0.2) is 42.5 Å². The van der Waals surface area contributed by atoms with Gasteiger partial charge in [-0.3, -0.25) is 19.4 Å². The van der Waals surface area contributed by atoms with Crippen LogP contribution in [0.3, 0.4) is 0 Å². The van der Waals surface area contributed by atoms with E-state index in [1.54, 1.807) is 37.3 Å². The number of benzene rings is 2. The highest BCUT2D eigenvalue weighted by Crippen LogP contribution is 2.26. The van der Waals surface area contributed by atoms with E-state index in [0.29, 0.717) is 16.4 Å². The average Bonchev–Trinajstić information content (AvgIpc) is 2.83. The highest BCUT2D eigenvalue weighted by Gasteiger charge is 2.44. The molecule has 2 aromatic carbocycles. The summed E-state index contributed by atoms with van der Waals surface area (Å²) in [5, 5.41) is 3.19. The zero-order chi connectivity index (χ0) is 19.7. The molecule has 3 rings (SSSR count). The van der Waals surface area contributed by atoms with Gasteiger partial charge in [0.1, 0.15) is 12.6 Å². The maximum Gasteiger partial charge on any atom is 0.332 e. The van der Waals surface area contributed by atoms with Gasteiger partial charge in [0, 0.05) is 16.4 Å². The van der Waals surface area contributed by atoms with E-state index < -0.39 is 23.9 Å². The molecular weight excluding hydrogens is 366 g/mol. The number of nitrogens with zero attached hydrogens (tertiary/aromatic N) is 2. The first-order valence-corrected chi connectivity index (χ1v) is 8.93. The minimum atomic E-state index is -0.665. The van der Waals surface area contributed by atoms with Crippen molar-refractivity contribution in [2.45, 2.75) is 26.8 Å². The molecule has 7 heteroatoms. The molecule has 0 unspecified atom stereocenters. The van der Waals surface area contributed by atoms with Crippen LogP contribution in [0.25, 0.3) is 0 Å². The molecule has 1 N–H and O–H groups in total. The molecule has 1 aliphatic heterocycles. The molecule has 0 bridgehead atoms. The van der Waals surface area contributed by atoms with Crippen LogP contribution in [0.5, 0.6) is 0 Å². The molecule has 4 amide bonds. The lowest BCUT2D eigenvalue weighted by Crippen LogP contribution is -2.39. The zero-order valence-electron chi connectivity index (χ0n) is 15.3. The van der Waals surface area contributed by atoms with Gasteiger partial charge in [0.25, 0.3) is 5.91 Å². The molecule has 1 heterocycles. The van der Waals surface area contributed by atoms with Crippen LogP contribution < -0.4 is 10.2 Å². The summed E-state index contributed by atoms with van der Waals surface area (Å²) in [6, 6.07) is 11.3. The van der Waals surface area contributed by atoms with Crippen LogP contribution in [0.1, 0.15) is 18.1 Å². The van der Waals surface area contributed by atoms with E-state index in [2.05, 4.69) is 5.32 Å². The van der Waals surface area contributed by atoms with Gasteiger partial charge in [-0.15, -0.1) is 0 Å². The van der Waals surface area contributed by atoms with E-state index in [9.17, 15) is 14.4 Å². The Labute approximate surface area is 162 Å². The number of hydrogen-bond acceptors (Lipinski definition) is 3. The lowest BCUT2D eigenvalue weighted by molar-refractivity contribution is -0.130. The number of rotatable bonds is 4. The van der Waals surface area contributed by atoms with Crippen LogP contribution in [-0.4, -0.2) is 35.3 Å². The third-order valence-electron chi connectivity index (χ3n) is 4.52. The standard InChI is InChI=1S/C20H20ClN3O3/c1-12-4-8-16(9-5-12)24-14(3)19(26)23(20(24)27)11-18(25)22-15-7-6-13(2)17(21)10-15/h4-10,14H,11H2,1-3H3,(H,22,25)/t14-/m0/s1. The minimum Gasteiger partial charge on any atom is -0.324 e. The van der Waals surface area contributed by atoms with E-state index in [1.165, 1.54) is 4.90 Å². The van der Waals surface area contributed by atoms with Crippen molar-refractivity contribution in [1.82, 2.24) is 4.90 Å². The smallest absolute Gasteiger partial charge is 0.324 e. The Kier molecular flexibility index (Phi) is 5.19. The number of halogens is 1. The van der Waals surface area contributed by atoms with Gasteiger partial charge < -0.3 is 5.32 Å². The number of hydrogen-bond donors (Lipinski definition) is 1. The fourth-order valence-electron chi connectivity index (χ4n) is 2.93. The Bertz CT molecular complexity index is 911. The van der Waals surface area contributed by atoms with Crippen LogP contribution in [0, 0.1) is 13.8 Å². The highest BCUT2D eigenvalue weighted by atomic mass is 35.5. The van der Waals surface area contributed by atoms with Crippen molar-refractivity contribution in [2.75, 3.05) is 16.8 Å². The summed E-state index contributed by atoms with van der Waals surface area (Å²) in [6.45, 7) is 5.10. The van der Waals surface area contributed by atoms with Gasteiger partial charge in [0.2, 0.25) is 5.91 Å². The molecule has 1 aliphatic rings. The number of carbonyl (C=O) groups is 3. The largest absolute Gasteiger partial charge is 0.332 e. The summed E-state index contributed by atoms with van der Waals surface area (Å²) >= 11 is 6.05. The molecule has 1 fully saturated rings. The second-order valence-corrected chi connectivity index (χ2v) is 7.01. The first-order chi connectivity index (χ1) is 12.8. The molecule has 6 nitrogen and oxygen atoms in total. The molecule has 0 radical (unpaired) electrons. The SMILES string of the molecule is Cc1ccc(N2C(=O)N(CC(=O)Nc3ccc(C)c(Cl)c3)C(=O)[C@@H]2C)cc1. The Balaban J connectivity index is 1.73. The number of aryl methyl sites for hydroxylation is 2. The predicted molar refractivity (Wildman–Crippen MR) is 105 cm³/mol. The van der Waals surface area contributed by atoms with Crippen LogP contribution in [0.2, 0.25) is 5.02 Å². The topological polar surface area (TPSA) is 69.7 Å². The number of carbonyl (C=O) groups excluding carboxylic acids is 3. The van der Waals surface area contributed by atoms with E-state index in [-0.39, 0.29) is 6.54 Å². The molecule has 140 valence electrons. The molecule has 1 saturated heterocycles. The number of urea groups is 1. The molecule has 2 aromatic rings. The monoisotopic (exact) mass is 385 g/mol. The van der Waals surface area contributed by atoms with Crippen molar-refractivity contribution < 1.29 is 14.4 Å². The van der Waals surface area contributed by atoms with Gasteiger partial charge in [-0.1, -0.05) is 35.4 Å². The second-order valence-electron chi connectivity index (χ2n) is 6.60. The summed E-state index contributed by atoms with van der Waals surface area (Å²) < 4.78 is 0. The molecule has 0 aliphatic carbocycles. The first kappa shape index (κ1) is 18.9. The Morgan fingerprint density at radius 3 is 2.41 bits per heavy atom. The van der Waals surface area contributed by atoms with Crippen molar-refractivity contribution in [3.8, 4) is 0 Å². The number of anilines is 2. The quantitative estimate of drug-likeness (QED) is 0.815. The normalized spacial score (nSPS) is 16.8. The first-order valence-electron chi connectivity index (χ1n) is 8.55. The average molecular weight is 386 g/mol. The fourth-order valence-corrected chi connectivity index (χ4v) is 3.11. The minimum absolute atomic E-state index is 0.351. The van der Waals surface area contributed by atoms with E-state index in [0.717, 1.165) is 16.0 Å². The van der Waals surface area contributed by atoms with Crippen LogP contribution >= 0.6 is 11.6 Å². The third-order valence-corrected chi connectivity index (χ3v) is 4.92.